The Morgan fingerprint density at radius 1 is 1.15 bits per heavy atom. The van der Waals surface area contributed by atoms with Crippen LogP contribution < -0.4 is 24.3 Å². The van der Waals surface area contributed by atoms with Crippen molar-refractivity contribution in [1.82, 2.24) is 14.6 Å². The van der Waals surface area contributed by atoms with Crippen LogP contribution in [-0.2, 0) is 4.79 Å². The molecular weight excluding hydrogens is 442 g/mol. The van der Waals surface area contributed by atoms with E-state index in [1.54, 1.807) is 24.3 Å². The molecule has 33 heavy (non-hydrogen) atoms. The summed E-state index contributed by atoms with van der Waals surface area (Å²) in [6.07, 6.45) is 3.82. The number of carbonyl (C=O) groups is 1. The van der Waals surface area contributed by atoms with Gasteiger partial charge in [0.25, 0.3) is 5.56 Å². The number of carbonyl (C=O) groups excluding carboxylic acids is 1. The van der Waals surface area contributed by atoms with Crippen LogP contribution in [0.4, 0.5) is 0 Å². The zero-order valence-corrected chi connectivity index (χ0v) is 19.3. The normalized spacial score (nSPS) is 11.7. The third-order valence-corrected chi connectivity index (χ3v) is 5.76. The first-order valence-electron chi connectivity index (χ1n) is 10.5. The van der Waals surface area contributed by atoms with Gasteiger partial charge in [0.15, 0.2) is 17.3 Å². The number of hydrogen-bond acceptors (Lipinski definition) is 8. The van der Waals surface area contributed by atoms with Gasteiger partial charge in [-0.05, 0) is 54.5 Å². The van der Waals surface area contributed by atoms with Crippen molar-refractivity contribution in [3.05, 3.63) is 62.9 Å². The lowest BCUT2D eigenvalue weighted by Crippen LogP contribution is -2.23. The van der Waals surface area contributed by atoms with Gasteiger partial charge in [0.05, 0.1) is 18.2 Å². The fourth-order valence-electron chi connectivity index (χ4n) is 3.16. The van der Waals surface area contributed by atoms with Crippen LogP contribution in [0.3, 0.4) is 0 Å². The minimum absolute atomic E-state index is 0.253. The molecule has 0 aliphatic heterocycles. The molecule has 0 fully saturated rings. The Morgan fingerprint density at radius 3 is 2.61 bits per heavy atom. The molecule has 4 rings (SSSR count). The summed E-state index contributed by atoms with van der Waals surface area (Å²) in [5.74, 6) is 1.56. The molecule has 2 heterocycles. The third kappa shape index (κ3) is 5.04. The first-order chi connectivity index (χ1) is 16.0. The molecule has 9 heteroatoms. The fourth-order valence-corrected chi connectivity index (χ4v) is 4.06. The summed E-state index contributed by atoms with van der Waals surface area (Å²) >= 11 is 1.25. The highest BCUT2D eigenvalue weighted by molar-refractivity contribution is 7.15. The Bertz CT molecular complexity index is 1390. The molecular formula is C24H23N3O5S. The predicted octanol–water partition coefficient (Wildman–Crippen LogP) is 3.48. The van der Waals surface area contributed by atoms with Crippen molar-refractivity contribution in [3.63, 3.8) is 0 Å². The molecule has 0 aliphatic rings. The summed E-state index contributed by atoms with van der Waals surface area (Å²) in [5, 5.41) is 4.39. The molecule has 0 N–H and O–H groups in total. The summed E-state index contributed by atoms with van der Waals surface area (Å²) in [6.45, 7) is 4.13. The second-order valence-electron chi connectivity index (χ2n) is 7.28. The highest BCUT2D eigenvalue weighted by atomic mass is 32.1. The minimum atomic E-state index is -0.438. The molecule has 0 saturated carbocycles. The number of benzene rings is 2. The standard InChI is InChI=1S/C24H23N3O5S/c1-4-5-12-31-18-9-7-17(8-10-18)22-25-24-27(26-22)23(29)21(33-24)14-16-6-11-19(32-15(2)28)20(13-16)30-3/h6-11,13-14H,4-5,12H2,1-3H3. The molecule has 2 aromatic heterocycles. The highest BCUT2D eigenvalue weighted by Crippen LogP contribution is 2.28. The van der Waals surface area contributed by atoms with Crippen molar-refractivity contribution in [2.45, 2.75) is 26.7 Å². The first kappa shape index (κ1) is 22.5. The van der Waals surface area contributed by atoms with Crippen molar-refractivity contribution in [2.75, 3.05) is 13.7 Å². The number of methoxy groups -OCH3 is 1. The maximum absolute atomic E-state index is 12.9. The van der Waals surface area contributed by atoms with Gasteiger partial charge in [-0.1, -0.05) is 30.7 Å². The van der Waals surface area contributed by atoms with Gasteiger partial charge in [0.1, 0.15) is 5.75 Å². The van der Waals surface area contributed by atoms with E-state index in [0.717, 1.165) is 29.7 Å². The van der Waals surface area contributed by atoms with Gasteiger partial charge in [0.2, 0.25) is 4.96 Å². The molecule has 0 unspecified atom stereocenters. The zero-order valence-electron chi connectivity index (χ0n) is 18.5. The lowest BCUT2D eigenvalue weighted by molar-refractivity contribution is -0.132. The van der Waals surface area contributed by atoms with Crippen LogP contribution in [0.2, 0.25) is 0 Å². The number of ether oxygens (including phenoxy) is 3. The molecule has 8 nitrogen and oxygen atoms in total. The second kappa shape index (κ2) is 9.83. The summed E-state index contributed by atoms with van der Waals surface area (Å²) < 4.78 is 17.9. The molecule has 0 spiro atoms. The van der Waals surface area contributed by atoms with Crippen LogP contribution >= 0.6 is 11.3 Å². The van der Waals surface area contributed by atoms with Crippen LogP contribution in [0.25, 0.3) is 22.4 Å². The lowest BCUT2D eigenvalue weighted by atomic mass is 10.2. The van der Waals surface area contributed by atoms with Crippen molar-refractivity contribution in [3.8, 4) is 28.6 Å². The predicted molar refractivity (Wildman–Crippen MR) is 126 cm³/mol. The second-order valence-corrected chi connectivity index (χ2v) is 8.29. The maximum atomic E-state index is 12.9. The lowest BCUT2D eigenvalue weighted by Gasteiger charge is -2.08. The zero-order chi connectivity index (χ0) is 23.4. The molecule has 0 bridgehead atoms. The summed E-state index contributed by atoms with van der Waals surface area (Å²) in [5.41, 5.74) is 1.28. The van der Waals surface area contributed by atoms with Crippen LogP contribution in [0.1, 0.15) is 32.3 Å². The smallest absolute Gasteiger partial charge is 0.308 e. The first-order valence-corrected chi connectivity index (χ1v) is 11.3. The topological polar surface area (TPSA) is 92.0 Å². The Kier molecular flexibility index (Phi) is 6.69. The number of thiazole rings is 1. The van der Waals surface area contributed by atoms with Gasteiger partial charge in [0, 0.05) is 12.5 Å². The molecule has 2 aromatic carbocycles. The number of rotatable bonds is 8. The number of nitrogens with zero attached hydrogens (tertiary/aromatic N) is 3. The van der Waals surface area contributed by atoms with Crippen LogP contribution in [0, 0.1) is 0 Å². The van der Waals surface area contributed by atoms with Gasteiger partial charge in [-0.3, -0.25) is 9.59 Å². The van der Waals surface area contributed by atoms with Gasteiger partial charge < -0.3 is 14.2 Å². The van der Waals surface area contributed by atoms with Crippen LogP contribution in [0.5, 0.6) is 17.2 Å². The average molecular weight is 466 g/mol. The highest BCUT2D eigenvalue weighted by Gasteiger charge is 2.13. The third-order valence-electron chi connectivity index (χ3n) is 4.80. The summed E-state index contributed by atoms with van der Waals surface area (Å²) in [4.78, 5) is 29.1. The number of hydrogen-bond donors (Lipinski definition) is 0. The van der Waals surface area contributed by atoms with E-state index in [9.17, 15) is 9.59 Å². The fraction of sp³-hybridized carbons (Fsp3) is 0.250. The Hall–Kier alpha value is -3.72. The molecule has 0 atom stereocenters. The van der Waals surface area contributed by atoms with Gasteiger partial charge in [-0.25, -0.2) is 0 Å². The Morgan fingerprint density at radius 2 is 1.94 bits per heavy atom. The van der Waals surface area contributed by atoms with E-state index in [1.165, 1.54) is 29.9 Å². The van der Waals surface area contributed by atoms with E-state index in [4.69, 9.17) is 14.2 Å². The van der Waals surface area contributed by atoms with Crippen molar-refractivity contribution >= 4 is 28.3 Å². The van der Waals surface area contributed by atoms with Crippen LogP contribution in [0.15, 0.2) is 47.3 Å². The molecule has 0 radical (unpaired) electrons. The monoisotopic (exact) mass is 465 g/mol. The molecule has 170 valence electrons. The average Bonchev–Trinajstić information content (AvgIpc) is 3.34. The van der Waals surface area contributed by atoms with Crippen LogP contribution in [-0.4, -0.2) is 34.3 Å². The van der Waals surface area contributed by atoms with Gasteiger partial charge in [-0.15, -0.1) is 5.10 Å². The van der Waals surface area contributed by atoms with E-state index in [2.05, 4.69) is 17.0 Å². The molecule has 4 aromatic rings. The van der Waals surface area contributed by atoms with Gasteiger partial charge in [-0.2, -0.15) is 9.50 Å². The number of unbranched alkanes of at least 4 members (excludes halogenated alkanes) is 1. The Labute approximate surface area is 194 Å². The van der Waals surface area contributed by atoms with Gasteiger partial charge >= 0.3 is 5.97 Å². The maximum Gasteiger partial charge on any atom is 0.308 e. The number of fused-ring (bicyclic) bond motifs is 1. The quantitative estimate of drug-likeness (QED) is 0.223. The molecule has 0 aliphatic carbocycles. The van der Waals surface area contributed by atoms with E-state index < -0.39 is 5.97 Å². The SMILES string of the molecule is CCCCOc1ccc(-c2nc3sc(=Cc4ccc(OC(C)=O)c(OC)c4)c(=O)n3n2)cc1. The Balaban J connectivity index is 1.60. The summed E-state index contributed by atoms with van der Waals surface area (Å²) in [6, 6.07) is 12.6. The van der Waals surface area contributed by atoms with E-state index >= 15 is 0 Å². The number of esters is 1. The van der Waals surface area contributed by atoms with E-state index in [0.29, 0.717) is 33.4 Å². The largest absolute Gasteiger partial charge is 0.494 e. The molecule has 0 saturated heterocycles. The minimum Gasteiger partial charge on any atom is -0.494 e. The molecule has 0 amide bonds. The summed E-state index contributed by atoms with van der Waals surface area (Å²) in [7, 11) is 1.49. The van der Waals surface area contributed by atoms with Crippen molar-refractivity contribution in [1.29, 1.82) is 0 Å². The van der Waals surface area contributed by atoms with Crippen molar-refractivity contribution < 1.29 is 19.0 Å². The van der Waals surface area contributed by atoms with E-state index in [1.807, 2.05) is 24.3 Å². The van der Waals surface area contributed by atoms with E-state index in [-0.39, 0.29) is 5.56 Å². The van der Waals surface area contributed by atoms with Crippen molar-refractivity contribution in [2.24, 2.45) is 0 Å². The number of aromatic nitrogens is 3.